The Morgan fingerprint density at radius 2 is 2.06 bits per heavy atom. The van der Waals surface area contributed by atoms with E-state index in [0.717, 1.165) is 52.0 Å². The highest BCUT2D eigenvalue weighted by atomic mass is 32.1. The Balaban J connectivity index is 1.70. The van der Waals surface area contributed by atoms with Crippen LogP contribution in [0.4, 0.5) is 0 Å². The molecule has 9 heteroatoms. The first-order chi connectivity index (χ1) is 15.3. The van der Waals surface area contributed by atoms with Crippen LogP contribution in [0.5, 0.6) is 0 Å². The lowest BCUT2D eigenvalue weighted by Gasteiger charge is -2.31. The zero-order valence-electron chi connectivity index (χ0n) is 19.6. The van der Waals surface area contributed by atoms with E-state index in [0.29, 0.717) is 33.1 Å². The van der Waals surface area contributed by atoms with Gasteiger partial charge >= 0.3 is 0 Å². The van der Waals surface area contributed by atoms with Crippen molar-refractivity contribution in [3.05, 3.63) is 27.1 Å². The lowest BCUT2D eigenvalue weighted by Crippen LogP contribution is -2.42. The minimum atomic E-state index is -0.261. The van der Waals surface area contributed by atoms with Crippen molar-refractivity contribution in [2.45, 2.75) is 53.5 Å². The molecule has 0 radical (unpaired) electrons. The number of nitrogens with zero attached hydrogens (tertiary/aromatic N) is 4. The molecule has 0 aliphatic carbocycles. The van der Waals surface area contributed by atoms with Crippen molar-refractivity contribution >= 4 is 33.4 Å². The molecule has 1 saturated heterocycles. The number of amides is 2. The summed E-state index contributed by atoms with van der Waals surface area (Å²) in [5.41, 5.74) is 0.375. The fourth-order valence-electron chi connectivity index (χ4n) is 4.27. The molecule has 1 aliphatic rings. The quantitative estimate of drug-likeness (QED) is 0.580. The number of carbonyl (C=O) groups excluding carboxylic acids is 2. The third-order valence-corrected chi connectivity index (χ3v) is 7.47. The van der Waals surface area contributed by atoms with E-state index in [1.54, 1.807) is 6.92 Å². The van der Waals surface area contributed by atoms with Gasteiger partial charge in [0.1, 0.15) is 11.4 Å². The first-order valence-electron chi connectivity index (χ1n) is 11.6. The topological polar surface area (TPSA) is 87.5 Å². The third kappa shape index (κ3) is 5.56. The lowest BCUT2D eigenvalue weighted by atomic mass is 10.0. The van der Waals surface area contributed by atoms with Crippen LogP contribution in [0, 0.1) is 12.8 Å². The molecule has 1 fully saturated rings. The molecule has 2 amide bonds. The van der Waals surface area contributed by atoms with E-state index in [-0.39, 0.29) is 23.9 Å². The number of nitrogens with one attached hydrogen (secondary N) is 1. The summed E-state index contributed by atoms with van der Waals surface area (Å²) in [6, 6.07) is 0. The molecule has 2 aromatic rings. The van der Waals surface area contributed by atoms with Crippen LogP contribution in [-0.2, 0) is 11.3 Å². The number of carbonyl (C=O) groups is 2. The summed E-state index contributed by atoms with van der Waals surface area (Å²) in [5.74, 6) is 0.255. The Hall–Kier alpha value is -2.26. The van der Waals surface area contributed by atoms with E-state index in [2.05, 4.69) is 36.0 Å². The molecule has 0 aromatic carbocycles. The molecule has 8 nitrogen and oxygen atoms in total. The molecular weight excluding hydrogens is 426 g/mol. The summed E-state index contributed by atoms with van der Waals surface area (Å²) in [6.07, 6.45) is 4.43. The van der Waals surface area contributed by atoms with Crippen molar-refractivity contribution in [1.29, 1.82) is 0 Å². The molecule has 3 rings (SSSR count). The van der Waals surface area contributed by atoms with Crippen molar-refractivity contribution in [2.24, 2.45) is 5.92 Å². The van der Waals surface area contributed by atoms with E-state index in [9.17, 15) is 14.4 Å². The predicted molar refractivity (Wildman–Crippen MR) is 128 cm³/mol. The molecule has 0 saturated carbocycles. The summed E-state index contributed by atoms with van der Waals surface area (Å²) in [5, 5.41) is 3.40. The second-order valence-electron chi connectivity index (χ2n) is 8.64. The molecule has 1 N–H and O–H groups in total. The van der Waals surface area contributed by atoms with Crippen LogP contribution in [0.3, 0.4) is 0 Å². The Morgan fingerprint density at radius 3 is 2.75 bits per heavy atom. The SMILES string of the molecule is CCN(CC)CCCNC(=O)c1sc2ncn(CC(=O)N3CCCC(C)C3)c(=O)c2c1C. The molecule has 0 bridgehead atoms. The highest BCUT2D eigenvalue weighted by Gasteiger charge is 2.23. The number of thiophene rings is 1. The molecule has 3 heterocycles. The summed E-state index contributed by atoms with van der Waals surface area (Å²) < 4.78 is 1.37. The maximum atomic E-state index is 13.1. The number of likely N-dealkylation sites (tertiary alicyclic amines) is 1. The normalized spacial score (nSPS) is 16.7. The molecule has 0 spiro atoms. The molecule has 1 atom stereocenters. The smallest absolute Gasteiger partial charge is 0.262 e. The van der Waals surface area contributed by atoms with Crippen LogP contribution in [-0.4, -0.2) is 70.4 Å². The second-order valence-corrected chi connectivity index (χ2v) is 9.64. The number of aromatic nitrogens is 2. The highest BCUT2D eigenvalue weighted by molar-refractivity contribution is 7.20. The van der Waals surface area contributed by atoms with Gasteiger partial charge in [-0.25, -0.2) is 4.98 Å². The number of fused-ring (bicyclic) bond motifs is 1. The zero-order valence-corrected chi connectivity index (χ0v) is 20.5. The third-order valence-electron chi connectivity index (χ3n) is 6.27. The predicted octanol–water partition coefficient (Wildman–Crippen LogP) is 2.49. The minimum Gasteiger partial charge on any atom is -0.351 e. The average Bonchev–Trinajstić information content (AvgIpc) is 3.12. The van der Waals surface area contributed by atoms with Crippen molar-refractivity contribution < 1.29 is 9.59 Å². The van der Waals surface area contributed by atoms with Crippen molar-refractivity contribution in [3.8, 4) is 0 Å². The monoisotopic (exact) mass is 461 g/mol. The van der Waals surface area contributed by atoms with Gasteiger partial charge in [-0.2, -0.15) is 0 Å². The Morgan fingerprint density at radius 1 is 1.31 bits per heavy atom. The lowest BCUT2D eigenvalue weighted by molar-refractivity contribution is -0.133. The van der Waals surface area contributed by atoms with E-state index < -0.39 is 0 Å². The van der Waals surface area contributed by atoms with Gasteiger partial charge in [0.05, 0.1) is 16.6 Å². The minimum absolute atomic E-state index is 0.0172. The van der Waals surface area contributed by atoms with Crippen LogP contribution < -0.4 is 10.9 Å². The van der Waals surface area contributed by atoms with Crippen LogP contribution >= 0.6 is 11.3 Å². The molecule has 2 aromatic heterocycles. The van der Waals surface area contributed by atoms with Crippen LogP contribution in [0.1, 0.15) is 55.3 Å². The van der Waals surface area contributed by atoms with Gasteiger partial charge in [0.2, 0.25) is 5.91 Å². The number of hydrogen-bond donors (Lipinski definition) is 1. The van der Waals surface area contributed by atoms with Gasteiger partial charge in [-0.05, 0) is 57.3 Å². The van der Waals surface area contributed by atoms with Gasteiger partial charge in [0.15, 0.2) is 0 Å². The second kappa shape index (κ2) is 11.0. The van der Waals surface area contributed by atoms with E-state index in [1.807, 2.05) is 4.90 Å². The van der Waals surface area contributed by atoms with Crippen molar-refractivity contribution in [1.82, 2.24) is 24.7 Å². The maximum absolute atomic E-state index is 13.1. The molecule has 176 valence electrons. The molecular formula is C23H35N5O3S. The van der Waals surface area contributed by atoms with Gasteiger partial charge in [0.25, 0.3) is 11.5 Å². The average molecular weight is 462 g/mol. The van der Waals surface area contributed by atoms with Gasteiger partial charge in [-0.3, -0.25) is 19.0 Å². The van der Waals surface area contributed by atoms with E-state index >= 15 is 0 Å². The maximum Gasteiger partial charge on any atom is 0.262 e. The van der Waals surface area contributed by atoms with E-state index in [1.165, 1.54) is 22.2 Å². The summed E-state index contributed by atoms with van der Waals surface area (Å²) >= 11 is 1.23. The summed E-state index contributed by atoms with van der Waals surface area (Å²) in [7, 11) is 0. The number of rotatable bonds is 9. The van der Waals surface area contributed by atoms with Gasteiger partial charge in [0, 0.05) is 19.6 Å². The first-order valence-corrected chi connectivity index (χ1v) is 12.4. The molecule has 1 aliphatic heterocycles. The van der Waals surface area contributed by atoms with Crippen molar-refractivity contribution in [2.75, 3.05) is 39.3 Å². The van der Waals surface area contributed by atoms with E-state index in [4.69, 9.17) is 0 Å². The highest BCUT2D eigenvalue weighted by Crippen LogP contribution is 2.26. The zero-order chi connectivity index (χ0) is 23.3. The van der Waals surface area contributed by atoms with Crippen LogP contribution in [0.2, 0.25) is 0 Å². The number of hydrogen-bond acceptors (Lipinski definition) is 6. The van der Waals surface area contributed by atoms with Crippen LogP contribution in [0.15, 0.2) is 11.1 Å². The van der Waals surface area contributed by atoms with Gasteiger partial charge < -0.3 is 15.1 Å². The number of piperidine rings is 1. The Kier molecular flexibility index (Phi) is 8.42. The standard InChI is InChI=1S/C23H35N5O3S/c1-5-26(6-2)11-8-10-24-21(30)20-17(4)19-22(32-20)25-15-28(23(19)31)14-18(29)27-12-7-9-16(3)13-27/h15-16H,5-14H2,1-4H3,(H,24,30). The summed E-state index contributed by atoms with van der Waals surface area (Å²) in [6.45, 7) is 13.2. The first kappa shape index (κ1) is 24.4. The largest absolute Gasteiger partial charge is 0.351 e. The van der Waals surface area contributed by atoms with Gasteiger partial charge in [-0.1, -0.05) is 20.8 Å². The fourth-order valence-corrected chi connectivity index (χ4v) is 5.33. The Labute approximate surface area is 193 Å². The molecule has 1 unspecified atom stereocenters. The fraction of sp³-hybridized carbons (Fsp3) is 0.652. The number of aryl methyl sites for hydroxylation is 1. The molecule has 32 heavy (non-hydrogen) atoms. The Bertz CT molecular complexity index is 1010. The van der Waals surface area contributed by atoms with Crippen LogP contribution in [0.25, 0.3) is 10.2 Å². The van der Waals surface area contributed by atoms with Gasteiger partial charge in [-0.15, -0.1) is 11.3 Å². The van der Waals surface area contributed by atoms with Crippen molar-refractivity contribution in [3.63, 3.8) is 0 Å². The summed E-state index contributed by atoms with van der Waals surface area (Å²) in [4.78, 5) is 48.1.